The predicted molar refractivity (Wildman–Crippen MR) is 77.7 cm³/mol. The van der Waals surface area contributed by atoms with Crippen molar-refractivity contribution < 1.29 is 0 Å². The second-order valence-electron chi connectivity index (χ2n) is 4.88. The summed E-state index contributed by atoms with van der Waals surface area (Å²) in [6, 6.07) is 9.08. The van der Waals surface area contributed by atoms with E-state index < -0.39 is 0 Å². The fourth-order valence-electron chi connectivity index (χ4n) is 2.33. The van der Waals surface area contributed by atoms with Gasteiger partial charge in [0.05, 0.1) is 12.5 Å². The van der Waals surface area contributed by atoms with Gasteiger partial charge in [-0.2, -0.15) is 5.26 Å². The molecule has 18 heavy (non-hydrogen) atoms. The maximum Gasteiger partial charge on any atom is 0.0638 e. The van der Waals surface area contributed by atoms with Gasteiger partial charge in [0.1, 0.15) is 0 Å². The van der Waals surface area contributed by atoms with Crippen LogP contribution in [0, 0.1) is 18.3 Å². The Morgan fingerprint density at radius 2 is 2.22 bits per heavy atom. The normalized spacial score (nSPS) is 20.8. The Morgan fingerprint density at radius 1 is 1.44 bits per heavy atom. The van der Waals surface area contributed by atoms with Gasteiger partial charge in [0.2, 0.25) is 0 Å². The van der Waals surface area contributed by atoms with Crippen LogP contribution in [0.15, 0.2) is 22.7 Å². The number of likely N-dealkylation sites (N-methyl/N-ethyl adjacent to an activating group) is 1. The monoisotopic (exact) mass is 307 g/mol. The summed E-state index contributed by atoms with van der Waals surface area (Å²) < 4.78 is 1.15. The van der Waals surface area contributed by atoms with E-state index in [9.17, 15) is 0 Å². The molecule has 1 aliphatic rings. The molecule has 1 heterocycles. The third-order valence-corrected chi connectivity index (χ3v) is 4.50. The number of aryl methyl sites for hydroxylation is 1. The van der Waals surface area contributed by atoms with Gasteiger partial charge < -0.3 is 4.90 Å². The van der Waals surface area contributed by atoms with Crippen LogP contribution in [0.1, 0.15) is 12.0 Å². The summed E-state index contributed by atoms with van der Waals surface area (Å²) in [5.41, 5.74) is 2.51. The molecule has 3 nitrogen and oxygen atoms in total. The molecule has 1 aromatic carbocycles. The highest BCUT2D eigenvalue weighted by Gasteiger charge is 2.24. The molecule has 1 unspecified atom stereocenters. The predicted octanol–water partition coefficient (Wildman–Crippen LogP) is 2.79. The summed E-state index contributed by atoms with van der Waals surface area (Å²) in [6.07, 6.45) is 0.600. The van der Waals surface area contributed by atoms with Crippen molar-refractivity contribution in [2.45, 2.75) is 19.4 Å². The number of nitrogens with zero attached hydrogens (tertiary/aromatic N) is 3. The molecule has 0 aromatic heterocycles. The fraction of sp³-hybridized carbons (Fsp3) is 0.500. The molecule has 0 bridgehead atoms. The molecule has 1 saturated heterocycles. The van der Waals surface area contributed by atoms with Gasteiger partial charge in [0, 0.05) is 35.8 Å². The third kappa shape index (κ3) is 2.85. The summed E-state index contributed by atoms with van der Waals surface area (Å²) in [7, 11) is 2.10. The SMILES string of the molecule is Cc1cc(N2CCN(C)C(CC#N)C2)ccc1Br. The molecule has 1 aromatic rings. The molecule has 0 N–H and O–H groups in total. The summed E-state index contributed by atoms with van der Waals surface area (Å²) >= 11 is 3.53. The Labute approximate surface area is 117 Å². The zero-order chi connectivity index (χ0) is 13.1. The number of nitriles is 1. The van der Waals surface area contributed by atoms with E-state index in [0.29, 0.717) is 12.5 Å². The van der Waals surface area contributed by atoms with E-state index >= 15 is 0 Å². The van der Waals surface area contributed by atoms with Crippen LogP contribution in [-0.4, -0.2) is 37.6 Å². The van der Waals surface area contributed by atoms with Gasteiger partial charge in [-0.3, -0.25) is 4.90 Å². The first-order chi connectivity index (χ1) is 8.61. The summed E-state index contributed by atoms with van der Waals surface area (Å²) in [4.78, 5) is 4.66. The number of halogens is 1. The maximum atomic E-state index is 8.87. The Hall–Kier alpha value is -1.05. The highest BCUT2D eigenvalue weighted by Crippen LogP contribution is 2.25. The number of benzene rings is 1. The number of rotatable bonds is 2. The van der Waals surface area contributed by atoms with Crippen molar-refractivity contribution in [3.05, 3.63) is 28.2 Å². The van der Waals surface area contributed by atoms with E-state index in [-0.39, 0.29) is 0 Å². The quantitative estimate of drug-likeness (QED) is 0.841. The number of piperazine rings is 1. The van der Waals surface area contributed by atoms with E-state index in [2.05, 4.69) is 64.0 Å². The van der Waals surface area contributed by atoms with Crippen LogP contribution >= 0.6 is 15.9 Å². The van der Waals surface area contributed by atoms with E-state index in [1.54, 1.807) is 0 Å². The minimum Gasteiger partial charge on any atom is -0.369 e. The van der Waals surface area contributed by atoms with E-state index in [1.165, 1.54) is 11.3 Å². The minimum absolute atomic E-state index is 0.340. The maximum absolute atomic E-state index is 8.87. The van der Waals surface area contributed by atoms with Gasteiger partial charge >= 0.3 is 0 Å². The molecule has 1 aliphatic heterocycles. The molecule has 1 fully saturated rings. The van der Waals surface area contributed by atoms with Crippen molar-refractivity contribution in [2.24, 2.45) is 0 Å². The number of hydrogen-bond acceptors (Lipinski definition) is 3. The molecule has 4 heteroatoms. The van der Waals surface area contributed by atoms with Crippen LogP contribution in [0.4, 0.5) is 5.69 Å². The molecule has 0 amide bonds. The molecule has 96 valence electrons. The molecule has 0 aliphatic carbocycles. The molecule has 2 rings (SSSR count). The van der Waals surface area contributed by atoms with Crippen molar-refractivity contribution in [1.82, 2.24) is 4.90 Å². The first-order valence-corrected chi connectivity index (χ1v) is 6.99. The molecule has 0 saturated carbocycles. The zero-order valence-electron chi connectivity index (χ0n) is 10.9. The zero-order valence-corrected chi connectivity index (χ0v) is 12.4. The van der Waals surface area contributed by atoms with E-state index in [0.717, 1.165) is 24.1 Å². The van der Waals surface area contributed by atoms with Gasteiger partial charge in [-0.25, -0.2) is 0 Å². The fourth-order valence-corrected chi connectivity index (χ4v) is 2.58. The van der Waals surface area contributed by atoms with Crippen molar-refractivity contribution in [2.75, 3.05) is 31.6 Å². The lowest BCUT2D eigenvalue weighted by Crippen LogP contribution is -2.51. The lowest BCUT2D eigenvalue weighted by Gasteiger charge is -2.39. The van der Waals surface area contributed by atoms with Crippen LogP contribution in [0.25, 0.3) is 0 Å². The molecular formula is C14H18BrN3. The Bertz CT molecular complexity index is 467. The topological polar surface area (TPSA) is 30.3 Å². The average molecular weight is 308 g/mol. The van der Waals surface area contributed by atoms with Gasteiger partial charge in [-0.05, 0) is 37.7 Å². The van der Waals surface area contributed by atoms with Gasteiger partial charge in [-0.15, -0.1) is 0 Å². The Kier molecular flexibility index (Phi) is 4.26. The third-order valence-electron chi connectivity index (χ3n) is 3.61. The Morgan fingerprint density at radius 3 is 2.89 bits per heavy atom. The summed E-state index contributed by atoms with van der Waals surface area (Å²) in [5, 5.41) is 8.87. The first kappa shape index (κ1) is 13.4. The van der Waals surface area contributed by atoms with Crippen molar-refractivity contribution in [3.63, 3.8) is 0 Å². The van der Waals surface area contributed by atoms with Crippen LogP contribution in [-0.2, 0) is 0 Å². The standard InChI is InChI=1S/C14H18BrN3/c1-11-9-12(3-4-14(11)15)18-8-7-17(2)13(10-18)5-6-16/h3-4,9,13H,5,7-8,10H2,1-2H3. The lowest BCUT2D eigenvalue weighted by atomic mass is 10.1. The van der Waals surface area contributed by atoms with E-state index in [4.69, 9.17) is 5.26 Å². The highest BCUT2D eigenvalue weighted by atomic mass is 79.9. The van der Waals surface area contributed by atoms with Crippen molar-refractivity contribution in [3.8, 4) is 6.07 Å². The molecule has 1 atom stereocenters. The largest absolute Gasteiger partial charge is 0.369 e. The molecule has 0 radical (unpaired) electrons. The van der Waals surface area contributed by atoms with E-state index in [1.807, 2.05) is 0 Å². The second-order valence-corrected chi connectivity index (χ2v) is 5.73. The summed E-state index contributed by atoms with van der Waals surface area (Å²) in [5.74, 6) is 0. The number of anilines is 1. The van der Waals surface area contributed by atoms with Crippen molar-refractivity contribution >= 4 is 21.6 Å². The Balaban J connectivity index is 2.14. The minimum atomic E-state index is 0.340. The molecule has 0 spiro atoms. The van der Waals surface area contributed by atoms with Crippen LogP contribution < -0.4 is 4.90 Å². The number of hydrogen-bond donors (Lipinski definition) is 0. The van der Waals surface area contributed by atoms with Crippen LogP contribution in [0.5, 0.6) is 0 Å². The van der Waals surface area contributed by atoms with Crippen molar-refractivity contribution in [1.29, 1.82) is 5.26 Å². The smallest absolute Gasteiger partial charge is 0.0638 e. The highest BCUT2D eigenvalue weighted by molar-refractivity contribution is 9.10. The first-order valence-electron chi connectivity index (χ1n) is 6.20. The second kappa shape index (κ2) is 5.73. The van der Waals surface area contributed by atoms with Gasteiger partial charge in [-0.1, -0.05) is 15.9 Å². The lowest BCUT2D eigenvalue weighted by molar-refractivity contribution is 0.221. The van der Waals surface area contributed by atoms with Crippen LogP contribution in [0.2, 0.25) is 0 Å². The van der Waals surface area contributed by atoms with Crippen LogP contribution in [0.3, 0.4) is 0 Å². The average Bonchev–Trinajstić information content (AvgIpc) is 2.36. The van der Waals surface area contributed by atoms with Gasteiger partial charge in [0.15, 0.2) is 0 Å². The van der Waals surface area contributed by atoms with Gasteiger partial charge in [0.25, 0.3) is 0 Å². The summed E-state index contributed by atoms with van der Waals surface area (Å²) in [6.45, 7) is 5.09. The molecular weight excluding hydrogens is 290 g/mol.